The molecule has 11 aliphatic rings. The Morgan fingerprint density at radius 1 is 0.707 bits per heavy atom. The number of fused-ring (bicyclic) bond motifs is 1. The number of esters is 3. The van der Waals surface area contributed by atoms with Gasteiger partial charge in [-0.05, 0) is 167 Å². The number of carbonyl (C=O) groups is 3. The number of aliphatic hydroxyl groups excluding tert-OH is 1. The van der Waals surface area contributed by atoms with E-state index in [0.717, 1.165) is 69.1 Å². The molecule has 11 fully saturated rings. The Morgan fingerprint density at radius 2 is 1.22 bits per heavy atom. The largest absolute Gasteiger partial charge is 0.459 e. The second kappa shape index (κ2) is 15.3. The van der Waals surface area contributed by atoms with Crippen molar-refractivity contribution in [2.24, 2.45) is 63.6 Å². The fraction of sp³-hybridized carbons (Fsp3) is 0.938. The van der Waals surface area contributed by atoms with Crippen molar-refractivity contribution in [3.63, 3.8) is 0 Å². The van der Waals surface area contributed by atoms with E-state index in [4.69, 9.17) is 18.9 Å². The van der Waals surface area contributed by atoms with Crippen LogP contribution < -0.4 is 0 Å². The molecule has 0 radical (unpaired) electrons. The fourth-order valence-electron chi connectivity index (χ4n) is 14.0. The van der Waals surface area contributed by atoms with Crippen LogP contribution in [0.1, 0.15) is 178 Å². The maximum Gasteiger partial charge on any atom is 0.312 e. The minimum Gasteiger partial charge on any atom is -0.459 e. The van der Waals surface area contributed by atoms with E-state index in [-0.39, 0.29) is 64.3 Å². The Balaban J connectivity index is 0.000000133. The van der Waals surface area contributed by atoms with Crippen molar-refractivity contribution >= 4 is 17.9 Å². The van der Waals surface area contributed by atoms with Crippen molar-refractivity contribution in [2.45, 2.75) is 219 Å². The highest BCUT2D eigenvalue weighted by molar-refractivity contribution is 5.77. The zero-order valence-corrected chi connectivity index (χ0v) is 37.6. The van der Waals surface area contributed by atoms with Gasteiger partial charge in [0.1, 0.15) is 23.4 Å². The lowest BCUT2D eigenvalue weighted by Gasteiger charge is -2.62. The topological polar surface area (TPSA) is 149 Å². The van der Waals surface area contributed by atoms with Gasteiger partial charge in [0.15, 0.2) is 6.29 Å². The molecule has 1 heterocycles. The summed E-state index contributed by atoms with van der Waals surface area (Å²) in [6.07, 6.45) is 15.4. The molecule has 8 unspecified atom stereocenters. The lowest BCUT2D eigenvalue weighted by atomic mass is 9.46. The van der Waals surface area contributed by atoms with E-state index in [9.17, 15) is 29.7 Å². The Bertz CT molecular complexity index is 1510. The SMILES string of the molecule is CCC(C)(C)C(=O)OC(C)(C)C12CC3CC(CC(C3)C1)C2.CCC(C)(C)C(=O)OC12CC3CC(O)(CC(O)(C3)C1)C2.CCC(C)C(=O)OC1C2CC3C1O[C@H](O)C3C2. The number of hydrogen-bond donors (Lipinski definition) is 3. The van der Waals surface area contributed by atoms with Gasteiger partial charge in [-0.3, -0.25) is 14.4 Å². The minimum atomic E-state index is -0.842. The van der Waals surface area contributed by atoms with E-state index >= 15 is 0 Å². The van der Waals surface area contributed by atoms with Crippen molar-refractivity contribution in [3.8, 4) is 0 Å². The van der Waals surface area contributed by atoms with Gasteiger partial charge in [0.05, 0.1) is 27.9 Å². The number of hydrogen-bond acceptors (Lipinski definition) is 10. The first-order valence-electron chi connectivity index (χ1n) is 23.3. The molecule has 10 heteroatoms. The molecule has 11 rings (SSSR count). The van der Waals surface area contributed by atoms with E-state index in [1.165, 1.54) is 38.5 Å². The molecule has 10 saturated carbocycles. The molecule has 0 aromatic carbocycles. The summed E-state index contributed by atoms with van der Waals surface area (Å²) in [5.74, 6) is 3.69. The zero-order chi connectivity index (χ0) is 42.4. The van der Waals surface area contributed by atoms with Crippen molar-refractivity contribution in [2.75, 3.05) is 0 Å². The van der Waals surface area contributed by atoms with Crippen LogP contribution in [0.25, 0.3) is 0 Å². The normalized spacial score (nSPS) is 44.2. The molecule has 0 aromatic rings. The van der Waals surface area contributed by atoms with Crippen LogP contribution in [0.15, 0.2) is 0 Å². The standard InChI is InChI=1S/C19H32O2.C16H26O4.C13H20O4/c1-6-17(2,3)16(20)21-18(4,5)19-10-13-7-14(11-19)9-15(8-13)12-19;1-4-13(2,3)12(17)20-16-7-11-5-14(18,9-16)8-15(19,6-11)10-16;1-3-6(2)12(14)16-10-7-4-8-9(5-7)13(15)17-11(8)10/h13-15H,6-12H2,1-5H3;11,18-19H,4-10H2,1-3H3;6-11,13,15H,3-5H2,1-2H3/t;;6?,7?,8?,9?,10?,11?,13-/m..0/s1. The maximum atomic E-state index is 12.6. The van der Waals surface area contributed by atoms with Crippen LogP contribution in [-0.4, -0.2) is 74.1 Å². The molecule has 1 saturated heterocycles. The molecule has 10 aliphatic carbocycles. The predicted octanol–water partition coefficient (Wildman–Crippen LogP) is 8.44. The lowest BCUT2D eigenvalue weighted by molar-refractivity contribution is -0.264. The van der Waals surface area contributed by atoms with Gasteiger partial charge in [-0.15, -0.1) is 0 Å². The number of carbonyl (C=O) groups excluding carboxylic acids is 3. The van der Waals surface area contributed by atoms with Crippen LogP contribution in [-0.2, 0) is 33.3 Å². The third kappa shape index (κ3) is 8.17. The first-order valence-corrected chi connectivity index (χ1v) is 23.3. The smallest absolute Gasteiger partial charge is 0.312 e. The van der Waals surface area contributed by atoms with E-state index in [1.807, 2.05) is 48.5 Å². The highest BCUT2D eigenvalue weighted by atomic mass is 16.6. The molecule has 10 bridgehead atoms. The molecule has 0 aromatic heterocycles. The van der Waals surface area contributed by atoms with Crippen LogP contribution >= 0.6 is 0 Å². The quantitative estimate of drug-likeness (QED) is 0.145. The van der Waals surface area contributed by atoms with Crippen LogP contribution in [0.4, 0.5) is 0 Å². The highest BCUT2D eigenvalue weighted by Gasteiger charge is 2.65. The van der Waals surface area contributed by atoms with Crippen molar-refractivity contribution in [3.05, 3.63) is 0 Å². The van der Waals surface area contributed by atoms with E-state index < -0.39 is 28.5 Å². The summed E-state index contributed by atoms with van der Waals surface area (Å²) in [7, 11) is 0. The predicted molar refractivity (Wildman–Crippen MR) is 219 cm³/mol. The number of ether oxygens (including phenoxy) is 4. The second-order valence-electron chi connectivity index (χ2n) is 23.4. The monoisotopic (exact) mass is 815 g/mol. The third-order valence-electron chi connectivity index (χ3n) is 17.6. The van der Waals surface area contributed by atoms with Gasteiger partial charge >= 0.3 is 17.9 Å². The van der Waals surface area contributed by atoms with Gasteiger partial charge in [-0.1, -0.05) is 27.7 Å². The zero-order valence-electron chi connectivity index (χ0n) is 37.6. The molecule has 10 nitrogen and oxygen atoms in total. The molecule has 1 aliphatic heterocycles. The van der Waals surface area contributed by atoms with Crippen LogP contribution in [0, 0.1) is 63.6 Å². The summed E-state index contributed by atoms with van der Waals surface area (Å²) in [5, 5.41) is 31.1. The van der Waals surface area contributed by atoms with E-state index in [1.54, 1.807) is 0 Å². The van der Waals surface area contributed by atoms with Crippen molar-refractivity contribution in [1.29, 1.82) is 0 Å². The van der Waals surface area contributed by atoms with Gasteiger partial charge in [-0.25, -0.2) is 0 Å². The Labute approximate surface area is 348 Å². The molecular formula is C48H78O10. The fourth-order valence-corrected chi connectivity index (χ4v) is 14.0. The maximum absolute atomic E-state index is 12.6. The van der Waals surface area contributed by atoms with Crippen LogP contribution in [0.3, 0.4) is 0 Å². The number of aliphatic hydroxyl groups is 3. The van der Waals surface area contributed by atoms with Gasteiger partial charge < -0.3 is 34.3 Å². The molecule has 0 amide bonds. The molecule has 3 N–H and O–H groups in total. The molecule has 330 valence electrons. The minimum absolute atomic E-state index is 0.00857. The van der Waals surface area contributed by atoms with E-state index in [0.29, 0.717) is 31.1 Å². The summed E-state index contributed by atoms with van der Waals surface area (Å²) < 4.78 is 23.2. The number of rotatable bonds is 10. The lowest BCUT2D eigenvalue weighted by Crippen LogP contribution is -2.67. The Kier molecular flexibility index (Phi) is 11.7. The third-order valence-corrected chi connectivity index (χ3v) is 17.6. The highest BCUT2D eigenvalue weighted by Crippen LogP contribution is 2.65. The summed E-state index contributed by atoms with van der Waals surface area (Å²) in [6, 6.07) is 0. The first kappa shape index (κ1) is 44.3. The van der Waals surface area contributed by atoms with Gasteiger partial charge in [0.25, 0.3) is 0 Å². The van der Waals surface area contributed by atoms with Crippen molar-refractivity contribution < 1.29 is 48.7 Å². The van der Waals surface area contributed by atoms with Crippen molar-refractivity contribution in [1.82, 2.24) is 0 Å². The Hall–Kier alpha value is -1.75. The molecular weight excluding hydrogens is 737 g/mol. The summed E-state index contributed by atoms with van der Waals surface area (Å²) in [6.45, 7) is 20.1. The Morgan fingerprint density at radius 3 is 1.72 bits per heavy atom. The average molecular weight is 815 g/mol. The van der Waals surface area contributed by atoms with E-state index in [2.05, 4.69) is 20.8 Å². The molecule has 9 atom stereocenters. The van der Waals surface area contributed by atoms with Gasteiger partial charge in [0, 0.05) is 30.6 Å². The summed E-state index contributed by atoms with van der Waals surface area (Å²) >= 11 is 0. The first-order chi connectivity index (χ1) is 26.9. The molecule has 58 heavy (non-hydrogen) atoms. The molecule has 0 spiro atoms. The summed E-state index contributed by atoms with van der Waals surface area (Å²) in [5.41, 5.74) is -3.26. The second-order valence-corrected chi connectivity index (χ2v) is 23.4. The van der Waals surface area contributed by atoms with Gasteiger partial charge in [-0.2, -0.15) is 0 Å². The summed E-state index contributed by atoms with van der Waals surface area (Å²) in [4.78, 5) is 36.8. The van der Waals surface area contributed by atoms with Crippen LogP contribution in [0.5, 0.6) is 0 Å². The van der Waals surface area contributed by atoms with Crippen LogP contribution in [0.2, 0.25) is 0 Å². The van der Waals surface area contributed by atoms with Gasteiger partial charge in [0.2, 0.25) is 0 Å². The average Bonchev–Trinajstić information content (AvgIpc) is 3.75.